The number of aryl methyl sites for hydroxylation is 1. The van der Waals surface area contributed by atoms with Gasteiger partial charge in [0, 0.05) is 36.9 Å². The molecular formula is C13H14N4O3. The fraction of sp³-hybridized carbons (Fsp3) is 0.231. The number of nitrogens with one attached hydrogen (secondary N) is 1. The Morgan fingerprint density at radius 3 is 2.80 bits per heavy atom. The average Bonchev–Trinajstić information content (AvgIpc) is 2.44. The molecule has 0 aliphatic rings. The quantitative estimate of drug-likeness (QED) is 0.665. The number of nitro groups is 1. The van der Waals surface area contributed by atoms with Crippen molar-refractivity contribution in [2.75, 3.05) is 7.05 Å². The van der Waals surface area contributed by atoms with Crippen LogP contribution in [-0.2, 0) is 13.6 Å². The van der Waals surface area contributed by atoms with Crippen molar-refractivity contribution in [3.63, 3.8) is 0 Å². The zero-order valence-corrected chi connectivity index (χ0v) is 11.2. The Labute approximate surface area is 115 Å². The highest BCUT2D eigenvalue weighted by molar-refractivity contribution is 5.62. The molecule has 1 heterocycles. The average molecular weight is 274 g/mol. The molecule has 0 saturated carbocycles. The third-order valence-corrected chi connectivity index (χ3v) is 2.86. The van der Waals surface area contributed by atoms with Crippen LogP contribution in [0.15, 0.2) is 35.1 Å². The maximum atomic E-state index is 11.9. The Morgan fingerprint density at radius 1 is 1.40 bits per heavy atom. The van der Waals surface area contributed by atoms with E-state index in [4.69, 9.17) is 0 Å². The van der Waals surface area contributed by atoms with Crippen LogP contribution in [0, 0.1) is 10.1 Å². The van der Waals surface area contributed by atoms with Gasteiger partial charge in [0.05, 0.1) is 10.6 Å². The monoisotopic (exact) mass is 274 g/mol. The first-order valence-corrected chi connectivity index (χ1v) is 5.99. The van der Waals surface area contributed by atoms with E-state index >= 15 is 0 Å². The van der Waals surface area contributed by atoms with Crippen LogP contribution in [0.25, 0.3) is 11.3 Å². The van der Waals surface area contributed by atoms with E-state index in [1.54, 1.807) is 32.3 Å². The second-order valence-electron chi connectivity index (χ2n) is 4.32. The number of nitro benzene ring substituents is 1. The predicted molar refractivity (Wildman–Crippen MR) is 74.3 cm³/mol. The van der Waals surface area contributed by atoms with E-state index in [-0.39, 0.29) is 11.2 Å². The van der Waals surface area contributed by atoms with Crippen molar-refractivity contribution in [3.8, 4) is 11.3 Å². The maximum Gasteiger partial charge on any atom is 0.271 e. The summed E-state index contributed by atoms with van der Waals surface area (Å²) in [6, 6.07) is 7.83. The van der Waals surface area contributed by atoms with Gasteiger partial charge in [0.2, 0.25) is 0 Å². The molecule has 2 aromatic rings. The molecule has 0 fully saturated rings. The van der Waals surface area contributed by atoms with Crippen molar-refractivity contribution in [2.45, 2.75) is 6.54 Å². The summed E-state index contributed by atoms with van der Waals surface area (Å²) in [5, 5.41) is 17.8. The molecule has 1 aromatic heterocycles. The summed E-state index contributed by atoms with van der Waals surface area (Å²) in [6.07, 6.45) is 0. The summed E-state index contributed by atoms with van der Waals surface area (Å²) in [5.41, 5.74) is 1.50. The Kier molecular flexibility index (Phi) is 3.90. The van der Waals surface area contributed by atoms with Crippen molar-refractivity contribution in [1.82, 2.24) is 15.1 Å². The smallest absolute Gasteiger partial charge is 0.271 e. The molecule has 0 bridgehead atoms. The van der Waals surface area contributed by atoms with Gasteiger partial charge < -0.3 is 5.32 Å². The van der Waals surface area contributed by atoms with Crippen LogP contribution in [0.2, 0.25) is 0 Å². The molecule has 2 rings (SSSR count). The van der Waals surface area contributed by atoms with Gasteiger partial charge in [0.25, 0.3) is 11.2 Å². The molecule has 0 aliphatic carbocycles. The Bertz CT molecular complexity index is 709. The maximum absolute atomic E-state index is 11.9. The lowest BCUT2D eigenvalue weighted by atomic mass is 10.1. The van der Waals surface area contributed by atoms with Crippen LogP contribution in [0.1, 0.15) is 5.56 Å². The summed E-state index contributed by atoms with van der Waals surface area (Å²) in [6.45, 7) is 0.414. The zero-order chi connectivity index (χ0) is 14.7. The van der Waals surface area contributed by atoms with E-state index < -0.39 is 4.92 Å². The summed E-state index contributed by atoms with van der Waals surface area (Å²) in [5.74, 6) is 0. The minimum Gasteiger partial charge on any atom is -0.315 e. The van der Waals surface area contributed by atoms with Gasteiger partial charge in [-0.05, 0) is 13.1 Å². The van der Waals surface area contributed by atoms with Gasteiger partial charge >= 0.3 is 0 Å². The molecule has 104 valence electrons. The van der Waals surface area contributed by atoms with Gasteiger partial charge in [0.15, 0.2) is 0 Å². The molecule has 0 atom stereocenters. The van der Waals surface area contributed by atoms with E-state index in [2.05, 4.69) is 10.4 Å². The largest absolute Gasteiger partial charge is 0.315 e. The van der Waals surface area contributed by atoms with E-state index in [0.717, 1.165) is 0 Å². The van der Waals surface area contributed by atoms with Gasteiger partial charge in [0.1, 0.15) is 0 Å². The second kappa shape index (κ2) is 5.62. The highest BCUT2D eigenvalue weighted by Crippen LogP contribution is 2.21. The van der Waals surface area contributed by atoms with Gasteiger partial charge in [-0.2, -0.15) is 5.10 Å². The molecule has 7 nitrogen and oxygen atoms in total. The van der Waals surface area contributed by atoms with Crippen molar-refractivity contribution in [1.29, 1.82) is 0 Å². The number of rotatable bonds is 4. The number of non-ortho nitro benzene ring substituents is 1. The van der Waals surface area contributed by atoms with Gasteiger partial charge in [-0.15, -0.1) is 0 Å². The highest BCUT2D eigenvalue weighted by Gasteiger charge is 2.11. The third kappa shape index (κ3) is 2.72. The summed E-state index contributed by atoms with van der Waals surface area (Å²) < 4.78 is 1.24. The third-order valence-electron chi connectivity index (χ3n) is 2.86. The van der Waals surface area contributed by atoms with Crippen LogP contribution < -0.4 is 10.9 Å². The van der Waals surface area contributed by atoms with Gasteiger partial charge in [-0.3, -0.25) is 14.9 Å². The van der Waals surface area contributed by atoms with Crippen LogP contribution >= 0.6 is 0 Å². The van der Waals surface area contributed by atoms with Crippen LogP contribution in [0.3, 0.4) is 0 Å². The Hall–Kier alpha value is -2.54. The summed E-state index contributed by atoms with van der Waals surface area (Å²) in [4.78, 5) is 22.2. The van der Waals surface area contributed by atoms with Crippen molar-refractivity contribution in [2.24, 2.45) is 7.05 Å². The van der Waals surface area contributed by atoms with E-state index in [1.165, 1.54) is 16.8 Å². The first kappa shape index (κ1) is 13.9. The standard InChI is InChI=1S/C13H14N4O3/c1-14-8-10-7-12(15-16(2)13(10)18)9-4-3-5-11(6-9)17(19)20/h3-7,14H,8H2,1-2H3. The Balaban J connectivity index is 2.55. The number of nitrogens with zero attached hydrogens (tertiary/aromatic N) is 3. The fourth-order valence-electron chi connectivity index (χ4n) is 1.91. The molecule has 0 spiro atoms. The van der Waals surface area contributed by atoms with Crippen LogP contribution in [0.5, 0.6) is 0 Å². The molecule has 0 radical (unpaired) electrons. The minimum atomic E-state index is -0.458. The highest BCUT2D eigenvalue weighted by atomic mass is 16.6. The molecule has 0 aliphatic heterocycles. The first-order chi connectivity index (χ1) is 9.52. The molecule has 0 saturated heterocycles. The first-order valence-electron chi connectivity index (χ1n) is 5.99. The summed E-state index contributed by atoms with van der Waals surface area (Å²) in [7, 11) is 3.30. The molecule has 0 unspecified atom stereocenters. The number of hydrogen-bond donors (Lipinski definition) is 1. The van der Waals surface area contributed by atoms with Crippen molar-refractivity contribution >= 4 is 5.69 Å². The van der Waals surface area contributed by atoms with E-state index in [1.807, 2.05) is 0 Å². The van der Waals surface area contributed by atoms with Crippen LogP contribution in [0.4, 0.5) is 5.69 Å². The predicted octanol–water partition coefficient (Wildman–Crippen LogP) is 1.07. The second-order valence-corrected chi connectivity index (χ2v) is 4.32. The molecule has 7 heteroatoms. The van der Waals surface area contributed by atoms with E-state index in [0.29, 0.717) is 23.4 Å². The number of hydrogen-bond acceptors (Lipinski definition) is 5. The molecule has 1 aromatic carbocycles. The minimum absolute atomic E-state index is 0.00619. The van der Waals surface area contributed by atoms with E-state index in [9.17, 15) is 14.9 Å². The zero-order valence-electron chi connectivity index (χ0n) is 11.2. The lowest BCUT2D eigenvalue weighted by molar-refractivity contribution is -0.384. The van der Waals surface area contributed by atoms with Gasteiger partial charge in [-0.1, -0.05) is 12.1 Å². The lowest BCUT2D eigenvalue weighted by Crippen LogP contribution is -2.26. The Morgan fingerprint density at radius 2 is 2.15 bits per heavy atom. The van der Waals surface area contributed by atoms with Crippen molar-refractivity contribution < 1.29 is 4.92 Å². The molecular weight excluding hydrogens is 260 g/mol. The SMILES string of the molecule is CNCc1cc(-c2cccc([N+](=O)[O-])c2)nn(C)c1=O. The van der Waals surface area contributed by atoms with Gasteiger partial charge in [-0.25, -0.2) is 4.68 Å². The summed E-state index contributed by atoms with van der Waals surface area (Å²) >= 11 is 0. The number of benzene rings is 1. The topological polar surface area (TPSA) is 90.1 Å². The number of aromatic nitrogens is 2. The fourth-order valence-corrected chi connectivity index (χ4v) is 1.91. The normalized spacial score (nSPS) is 10.5. The molecule has 1 N–H and O–H groups in total. The molecule has 20 heavy (non-hydrogen) atoms. The molecule has 0 amide bonds. The van der Waals surface area contributed by atoms with Crippen molar-refractivity contribution in [3.05, 3.63) is 56.4 Å². The lowest BCUT2D eigenvalue weighted by Gasteiger charge is -2.07. The van der Waals surface area contributed by atoms with Crippen LogP contribution in [-0.4, -0.2) is 21.8 Å².